The second kappa shape index (κ2) is 7.47. The Hall–Kier alpha value is -2.24. The summed E-state index contributed by atoms with van der Waals surface area (Å²) in [6, 6.07) is 6.58. The van der Waals surface area contributed by atoms with E-state index in [-0.39, 0.29) is 29.3 Å². The number of rotatable bonds is 5. The van der Waals surface area contributed by atoms with Crippen molar-refractivity contribution >= 4 is 12.0 Å². The van der Waals surface area contributed by atoms with E-state index >= 15 is 0 Å². The molecule has 0 heterocycles. The Kier molecular flexibility index (Phi) is 4.91. The van der Waals surface area contributed by atoms with Crippen LogP contribution in [0.15, 0.2) is 24.3 Å². The standard InChI is InChI=1S/C24H32N2O4/c25-23(29)26(24-12-15-9-16(13-24)11-17(10-15)14-24)19-3-7-21(8-4-19)30-20-5-1-18(2-6-20)22(27)28/h1-2,5-6,15-17,19,21H,3-4,7-14H2,(H2,25,29)(H,27,28)/t15?,16?,17?,19-,21-,24?. The van der Waals surface area contributed by atoms with Crippen LogP contribution in [0.1, 0.15) is 74.6 Å². The zero-order chi connectivity index (χ0) is 20.9. The Morgan fingerprint density at radius 1 is 0.933 bits per heavy atom. The Balaban J connectivity index is 1.24. The van der Waals surface area contributed by atoms with Crippen molar-refractivity contribution in [3.63, 3.8) is 0 Å². The smallest absolute Gasteiger partial charge is 0.335 e. The fourth-order valence-electron chi connectivity index (χ4n) is 7.45. The van der Waals surface area contributed by atoms with Gasteiger partial charge in [-0.25, -0.2) is 9.59 Å². The predicted octanol–water partition coefficient (Wildman–Crippen LogP) is 4.42. The highest BCUT2D eigenvalue weighted by Gasteiger charge is 2.56. The number of benzene rings is 1. The fraction of sp³-hybridized carbons (Fsp3) is 0.667. The molecule has 1 aromatic rings. The van der Waals surface area contributed by atoms with Crippen LogP contribution in [0.3, 0.4) is 0 Å². The maximum absolute atomic E-state index is 12.6. The van der Waals surface area contributed by atoms with Crippen LogP contribution in [0, 0.1) is 17.8 Å². The summed E-state index contributed by atoms with van der Waals surface area (Å²) < 4.78 is 6.10. The number of urea groups is 1. The molecular formula is C24H32N2O4. The number of primary amides is 1. The highest BCUT2D eigenvalue weighted by atomic mass is 16.5. The molecule has 1 aromatic carbocycles. The summed E-state index contributed by atoms with van der Waals surface area (Å²) in [5.41, 5.74) is 6.26. The summed E-state index contributed by atoms with van der Waals surface area (Å²) in [6.45, 7) is 0. The number of aromatic carboxylic acids is 1. The van der Waals surface area contributed by atoms with Gasteiger partial charge in [0.05, 0.1) is 11.7 Å². The molecule has 5 fully saturated rings. The molecule has 0 radical (unpaired) electrons. The minimum atomic E-state index is -0.932. The first-order valence-electron chi connectivity index (χ1n) is 11.5. The average Bonchev–Trinajstić information content (AvgIpc) is 2.68. The van der Waals surface area contributed by atoms with E-state index in [4.69, 9.17) is 15.6 Å². The van der Waals surface area contributed by atoms with Crippen molar-refractivity contribution in [2.24, 2.45) is 23.5 Å². The first-order chi connectivity index (χ1) is 14.4. The molecular weight excluding hydrogens is 380 g/mol. The lowest BCUT2D eigenvalue weighted by Gasteiger charge is -2.61. The molecule has 6 heteroatoms. The molecule has 6 nitrogen and oxygen atoms in total. The normalized spacial score (nSPS) is 37.0. The minimum absolute atomic E-state index is 0.00556. The Morgan fingerprint density at radius 3 is 1.93 bits per heavy atom. The summed E-state index contributed by atoms with van der Waals surface area (Å²) in [7, 11) is 0. The number of hydrogen-bond acceptors (Lipinski definition) is 3. The number of nitrogens with two attached hydrogens (primary N) is 1. The van der Waals surface area contributed by atoms with Gasteiger partial charge in [-0.2, -0.15) is 0 Å². The Bertz CT molecular complexity index is 778. The van der Waals surface area contributed by atoms with Crippen LogP contribution in [0.25, 0.3) is 0 Å². The molecule has 0 saturated heterocycles. The maximum Gasteiger partial charge on any atom is 0.335 e. The molecule has 3 N–H and O–H groups in total. The molecule has 6 rings (SSSR count). The first-order valence-corrected chi connectivity index (χ1v) is 11.5. The van der Waals surface area contributed by atoms with Crippen LogP contribution in [0.2, 0.25) is 0 Å². The number of ether oxygens (including phenoxy) is 1. The van der Waals surface area contributed by atoms with Crippen molar-refractivity contribution in [3.8, 4) is 5.75 Å². The summed E-state index contributed by atoms with van der Waals surface area (Å²) in [6.07, 6.45) is 11.2. The Morgan fingerprint density at radius 2 is 1.47 bits per heavy atom. The number of nitrogens with zero attached hydrogens (tertiary/aromatic N) is 1. The SMILES string of the molecule is NC(=O)N([C@H]1CC[C@H](Oc2ccc(C(=O)O)cc2)CC1)C12CC3CC(CC(C3)C1)C2. The molecule has 0 aliphatic heterocycles. The highest BCUT2D eigenvalue weighted by Crippen LogP contribution is 2.58. The van der Waals surface area contributed by atoms with Crippen molar-refractivity contribution in [1.82, 2.24) is 4.90 Å². The fourth-order valence-corrected chi connectivity index (χ4v) is 7.45. The lowest BCUT2D eigenvalue weighted by molar-refractivity contribution is -0.0886. The van der Waals surface area contributed by atoms with Crippen molar-refractivity contribution in [3.05, 3.63) is 29.8 Å². The van der Waals surface area contributed by atoms with Gasteiger partial charge in [0.25, 0.3) is 0 Å². The van der Waals surface area contributed by atoms with Crippen LogP contribution in [0.5, 0.6) is 5.75 Å². The van der Waals surface area contributed by atoms with Gasteiger partial charge in [0.2, 0.25) is 0 Å². The third kappa shape index (κ3) is 3.54. The number of amides is 2. The molecule has 0 spiro atoms. The molecule has 0 atom stereocenters. The summed E-state index contributed by atoms with van der Waals surface area (Å²) in [4.78, 5) is 25.8. The van der Waals surface area contributed by atoms with Crippen LogP contribution in [-0.2, 0) is 0 Å². The summed E-state index contributed by atoms with van der Waals surface area (Å²) in [5, 5.41) is 9.03. The zero-order valence-electron chi connectivity index (χ0n) is 17.5. The second-order valence-corrected chi connectivity index (χ2v) is 10.2. The van der Waals surface area contributed by atoms with Crippen LogP contribution in [-0.4, -0.2) is 39.7 Å². The first kappa shape index (κ1) is 19.7. The van der Waals surface area contributed by atoms with E-state index in [0.29, 0.717) is 5.75 Å². The number of hydrogen-bond donors (Lipinski definition) is 2. The molecule has 2 amide bonds. The third-order valence-electron chi connectivity index (χ3n) is 8.17. The van der Waals surface area contributed by atoms with E-state index in [0.717, 1.165) is 62.7 Å². The molecule has 30 heavy (non-hydrogen) atoms. The summed E-state index contributed by atoms with van der Waals surface area (Å²) >= 11 is 0. The van der Waals surface area contributed by atoms with E-state index in [1.807, 2.05) is 0 Å². The Labute approximate surface area is 177 Å². The van der Waals surface area contributed by atoms with Gasteiger partial charge >= 0.3 is 12.0 Å². The van der Waals surface area contributed by atoms with Crippen LogP contribution < -0.4 is 10.5 Å². The van der Waals surface area contributed by atoms with Gasteiger partial charge in [-0.1, -0.05) is 0 Å². The van der Waals surface area contributed by atoms with Crippen molar-refractivity contribution < 1.29 is 19.4 Å². The van der Waals surface area contributed by atoms with Gasteiger partial charge in [-0.05, 0) is 106 Å². The predicted molar refractivity (Wildman–Crippen MR) is 112 cm³/mol. The van der Waals surface area contributed by atoms with Gasteiger partial charge < -0.3 is 20.5 Å². The molecule has 162 valence electrons. The van der Waals surface area contributed by atoms with Crippen LogP contribution in [0.4, 0.5) is 4.79 Å². The van der Waals surface area contributed by atoms with Crippen molar-refractivity contribution in [1.29, 1.82) is 0 Å². The van der Waals surface area contributed by atoms with Crippen LogP contribution >= 0.6 is 0 Å². The lowest BCUT2D eigenvalue weighted by atomic mass is 9.52. The lowest BCUT2D eigenvalue weighted by Crippen LogP contribution is -2.65. The van der Waals surface area contributed by atoms with E-state index in [1.165, 1.54) is 19.3 Å². The zero-order valence-corrected chi connectivity index (χ0v) is 17.5. The molecule has 5 aliphatic carbocycles. The van der Waals surface area contributed by atoms with Gasteiger partial charge in [-0.15, -0.1) is 0 Å². The molecule has 5 saturated carbocycles. The van der Waals surface area contributed by atoms with Crippen molar-refractivity contribution in [2.45, 2.75) is 81.9 Å². The largest absolute Gasteiger partial charge is 0.490 e. The van der Waals surface area contributed by atoms with Gasteiger partial charge in [-0.3, -0.25) is 0 Å². The van der Waals surface area contributed by atoms with Gasteiger partial charge in [0.1, 0.15) is 5.75 Å². The molecule has 0 aromatic heterocycles. The summed E-state index contributed by atoms with van der Waals surface area (Å²) in [5.74, 6) is 2.12. The average molecular weight is 413 g/mol. The van der Waals surface area contributed by atoms with E-state index < -0.39 is 5.97 Å². The van der Waals surface area contributed by atoms with Crippen molar-refractivity contribution in [2.75, 3.05) is 0 Å². The molecule has 5 aliphatic rings. The highest BCUT2D eigenvalue weighted by molar-refractivity contribution is 5.87. The topological polar surface area (TPSA) is 92.9 Å². The van der Waals surface area contributed by atoms with E-state index in [1.54, 1.807) is 24.3 Å². The van der Waals surface area contributed by atoms with Gasteiger partial charge in [0.15, 0.2) is 0 Å². The number of carbonyl (C=O) groups is 2. The maximum atomic E-state index is 12.6. The third-order valence-corrected chi connectivity index (χ3v) is 8.17. The van der Waals surface area contributed by atoms with Gasteiger partial charge in [0, 0.05) is 11.6 Å². The monoisotopic (exact) mass is 412 g/mol. The second-order valence-electron chi connectivity index (χ2n) is 10.2. The number of carboxylic acids is 1. The molecule has 4 bridgehead atoms. The quantitative estimate of drug-likeness (QED) is 0.748. The number of carbonyl (C=O) groups excluding carboxylic acids is 1. The number of carboxylic acid groups (broad SMARTS) is 1. The van der Waals surface area contributed by atoms with E-state index in [9.17, 15) is 9.59 Å². The molecule has 0 unspecified atom stereocenters. The minimum Gasteiger partial charge on any atom is -0.490 e. The van der Waals surface area contributed by atoms with E-state index in [2.05, 4.69) is 4.90 Å².